The van der Waals surface area contributed by atoms with E-state index in [9.17, 15) is 0 Å². The van der Waals surface area contributed by atoms with Crippen LogP contribution in [0.2, 0.25) is 0 Å². The molecule has 1 heterocycles. The van der Waals surface area contributed by atoms with E-state index in [4.69, 9.17) is 10.5 Å². The third-order valence-corrected chi connectivity index (χ3v) is 3.55. The predicted molar refractivity (Wildman–Crippen MR) is 73.2 cm³/mol. The number of hydrogen-bond acceptors (Lipinski definition) is 3. The molecule has 1 atom stereocenters. The first-order chi connectivity index (χ1) is 8.83. The van der Waals surface area contributed by atoms with Gasteiger partial charge in [0.2, 0.25) is 0 Å². The lowest BCUT2D eigenvalue weighted by Crippen LogP contribution is -2.42. The topological polar surface area (TPSA) is 38.5 Å². The van der Waals surface area contributed by atoms with Crippen molar-refractivity contribution in [2.75, 3.05) is 26.3 Å². The van der Waals surface area contributed by atoms with Crippen molar-refractivity contribution in [2.45, 2.75) is 32.4 Å². The highest BCUT2D eigenvalue weighted by Crippen LogP contribution is 2.21. The Kier molecular flexibility index (Phi) is 5.17. The lowest BCUT2D eigenvalue weighted by Gasteiger charge is -2.33. The van der Waals surface area contributed by atoms with Crippen LogP contribution in [-0.4, -0.2) is 31.2 Å². The number of nitrogens with two attached hydrogens (primary N) is 1. The van der Waals surface area contributed by atoms with Crippen LogP contribution in [0.3, 0.4) is 0 Å². The fourth-order valence-electron chi connectivity index (χ4n) is 2.40. The highest BCUT2D eigenvalue weighted by molar-refractivity contribution is 5.29. The summed E-state index contributed by atoms with van der Waals surface area (Å²) in [6, 6.07) is 9.35. The fraction of sp³-hybridized carbons (Fsp3) is 0.600. The van der Waals surface area contributed by atoms with Crippen LogP contribution in [0.25, 0.3) is 0 Å². The van der Waals surface area contributed by atoms with Crippen molar-refractivity contribution >= 4 is 0 Å². The number of hydrogen-bond donors (Lipinski definition) is 1. The normalized spacial score (nSPS) is 18.8. The van der Waals surface area contributed by atoms with Crippen molar-refractivity contribution in [1.82, 2.24) is 4.90 Å². The Labute approximate surface area is 110 Å². The zero-order valence-electron chi connectivity index (χ0n) is 11.2. The minimum absolute atomic E-state index is 0.0155. The van der Waals surface area contributed by atoms with Gasteiger partial charge in [-0.15, -0.1) is 0 Å². The van der Waals surface area contributed by atoms with Gasteiger partial charge in [0.1, 0.15) is 0 Å². The van der Waals surface area contributed by atoms with Crippen molar-refractivity contribution in [3.63, 3.8) is 0 Å². The summed E-state index contributed by atoms with van der Waals surface area (Å²) in [7, 11) is 0. The van der Waals surface area contributed by atoms with Crippen LogP contribution in [0.4, 0.5) is 0 Å². The molecule has 2 N–H and O–H groups in total. The molecule has 18 heavy (non-hydrogen) atoms. The van der Waals surface area contributed by atoms with E-state index in [-0.39, 0.29) is 6.17 Å². The molecule has 0 aliphatic carbocycles. The minimum Gasteiger partial charge on any atom is -0.379 e. The second-order valence-corrected chi connectivity index (χ2v) is 4.82. The Bertz CT molecular complexity index is 361. The summed E-state index contributed by atoms with van der Waals surface area (Å²) >= 11 is 0. The molecule has 99 valence electrons. The molecule has 1 aromatic carbocycles. The average Bonchev–Trinajstić information content (AvgIpc) is 2.45. The van der Waals surface area contributed by atoms with Crippen LogP contribution in [-0.2, 0) is 11.2 Å². The van der Waals surface area contributed by atoms with Gasteiger partial charge in [-0.1, -0.05) is 25.5 Å². The first kappa shape index (κ1) is 13.5. The van der Waals surface area contributed by atoms with E-state index in [1.165, 1.54) is 24.0 Å². The summed E-state index contributed by atoms with van der Waals surface area (Å²) in [5, 5.41) is 0. The lowest BCUT2D eigenvalue weighted by molar-refractivity contribution is 0.0171. The second-order valence-electron chi connectivity index (χ2n) is 4.82. The van der Waals surface area contributed by atoms with E-state index in [2.05, 4.69) is 24.0 Å². The molecule has 0 amide bonds. The Morgan fingerprint density at radius 1 is 1.44 bits per heavy atom. The lowest BCUT2D eigenvalue weighted by atomic mass is 9.99. The molecule has 1 fully saturated rings. The first-order valence-corrected chi connectivity index (χ1v) is 6.89. The zero-order valence-corrected chi connectivity index (χ0v) is 11.2. The molecule has 2 rings (SSSR count). The molecule has 0 spiro atoms. The average molecular weight is 247 g/mol. The SMILES string of the molecule is CCCCc1cc[c]cc1C(N)N1CCOCC1. The maximum Gasteiger partial charge on any atom is 0.0839 e. The van der Waals surface area contributed by atoms with Crippen molar-refractivity contribution in [1.29, 1.82) is 0 Å². The molecule has 1 unspecified atom stereocenters. The van der Waals surface area contributed by atoms with Gasteiger partial charge < -0.3 is 10.5 Å². The minimum atomic E-state index is -0.0155. The number of rotatable bonds is 5. The number of nitrogens with zero attached hydrogens (tertiary/aromatic N) is 1. The van der Waals surface area contributed by atoms with Gasteiger partial charge in [-0.2, -0.15) is 0 Å². The van der Waals surface area contributed by atoms with Crippen LogP contribution in [0, 0.1) is 6.07 Å². The molecule has 0 saturated carbocycles. The quantitative estimate of drug-likeness (QED) is 0.866. The van der Waals surface area contributed by atoms with Gasteiger partial charge in [-0.25, -0.2) is 0 Å². The number of aryl methyl sites for hydroxylation is 1. The Morgan fingerprint density at radius 2 is 2.22 bits per heavy atom. The molecule has 0 aromatic heterocycles. The van der Waals surface area contributed by atoms with Gasteiger partial charge in [0.25, 0.3) is 0 Å². The van der Waals surface area contributed by atoms with Crippen LogP contribution in [0.15, 0.2) is 18.2 Å². The van der Waals surface area contributed by atoms with Crippen molar-refractivity contribution in [3.8, 4) is 0 Å². The maximum absolute atomic E-state index is 6.39. The van der Waals surface area contributed by atoms with Crippen LogP contribution >= 0.6 is 0 Å². The Balaban J connectivity index is 2.10. The van der Waals surface area contributed by atoms with Gasteiger partial charge in [-0.05, 0) is 36.1 Å². The maximum atomic E-state index is 6.39. The molecule has 1 aliphatic rings. The summed E-state index contributed by atoms with van der Waals surface area (Å²) in [4.78, 5) is 2.29. The number of ether oxygens (including phenoxy) is 1. The highest BCUT2D eigenvalue weighted by atomic mass is 16.5. The van der Waals surface area contributed by atoms with E-state index in [1.807, 2.05) is 12.1 Å². The molecule has 3 heteroatoms. The van der Waals surface area contributed by atoms with Crippen molar-refractivity contribution in [2.24, 2.45) is 5.73 Å². The monoisotopic (exact) mass is 247 g/mol. The second kappa shape index (κ2) is 6.88. The number of morpholine rings is 1. The van der Waals surface area contributed by atoms with Crippen molar-refractivity contribution in [3.05, 3.63) is 35.4 Å². The molecule has 0 bridgehead atoms. The predicted octanol–water partition coefficient (Wildman–Crippen LogP) is 2.12. The third kappa shape index (κ3) is 3.31. The molecule has 1 aromatic rings. The van der Waals surface area contributed by atoms with Crippen LogP contribution in [0.5, 0.6) is 0 Å². The fourth-order valence-corrected chi connectivity index (χ4v) is 2.40. The largest absolute Gasteiger partial charge is 0.379 e. The molecule has 3 nitrogen and oxygen atoms in total. The summed E-state index contributed by atoms with van der Waals surface area (Å²) < 4.78 is 5.38. The van der Waals surface area contributed by atoms with Gasteiger partial charge in [0.05, 0.1) is 19.4 Å². The van der Waals surface area contributed by atoms with Gasteiger partial charge in [-0.3, -0.25) is 4.90 Å². The smallest absolute Gasteiger partial charge is 0.0839 e. The van der Waals surface area contributed by atoms with E-state index in [1.54, 1.807) is 0 Å². The van der Waals surface area contributed by atoms with Gasteiger partial charge in [0.15, 0.2) is 0 Å². The number of benzene rings is 1. The van der Waals surface area contributed by atoms with Crippen molar-refractivity contribution < 1.29 is 4.74 Å². The molecular formula is C15H23N2O. The first-order valence-electron chi connectivity index (χ1n) is 6.89. The van der Waals surface area contributed by atoms with E-state index in [0.717, 1.165) is 32.7 Å². The molecule has 1 aliphatic heterocycles. The highest BCUT2D eigenvalue weighted by Gasteiger charge is 2.20. The summed E-state index contributed by atoms with van der Waals surface area (Å²) in [6.07, 6.45) is 3.52. The summed E-state index contributed by atoms with van der Waals surface area (Å²) in [6.45, 7) is 5.63. The van der Waals surface area contributed by atoms with Gasteiger partial charge >= 0.3 is 0 Å². The number of unbranched alkanes of at least 4 members (excludes halogenated alkanes) is 1. The van der Waals surface area contributed by atoms with Gasteiger partial charge in [0, 0.05) is 13.1 Å². The molecule has 1 radical (unpaired) electrons. The zero-order chi connectivity index (χ0) is 12.8. The summed E-state index contributed by atoms with van der Waals surface area (Å²) in [5.74, 6) is 0. The standard InChI is InChI=1S/C15H23N2O/c1-2-3-6-13-7-4-5-8-14(13)15(16)17-9-11-18-12-10-17/h4,7-8,15H,2-3,6,9-12,16H2,1H3. The van der Waals surface area contributed by atoms with Crippen LogP contribution in [0.1, 0.15) is 37.1 Å². The summed E-state index contributed by atoms with van der Waals surface area (Å²) in [5.41, 5.74) is 8.99. The third-order valence-electron chi connectivity index (χ3n) is 3.55. The molecule has 1 saturated heterocycles. The van der Waals surface area contributed by atoms with Crippen LogP contribution < -0.4 is 5.73 Å². The van der Waals surface area contributed by atoms with E-state index in [0.29, 0.717) is 0 Å². The Hall–Kier alpha value is -0.900. The Morgan fingerprint density at radius 3 is 2.94 bits per heavy atom. The van der Waals surface area contributed by atoms with E-state index >= 15 is 0 Å². The van der Waals surface area contributed by atoms with E-state index < -0.39 is 0 Å². The molecular weight excluding hydrogens is 224 g/mol.